The summed E-state index contributed by atoms with van der Waals surface area (Å²) in [6.07, 6.45) is 19.8. The average molecular weight is 357 g/mol. The van der Waals surface area contributed by atoms with Crippen LogP contribution in [0.2, 0.25) is 0 Å². The predicted octanol–water partition coefficient (Wildman–Crippen LogP) is 5.57. The van der Waals surface area contributed by atoms with Crippen LogP contribution in [0, 0.1) is 0 Å². The summed E-state index contributed by atoms with van der Waals surface area (Å²) in [5.41, 5.74) is 3.84. The molecule has 1 aliphatic heterocycles. The third-order valence-corrected chi connectivity index (χ3v) is 11.2. The Labute approximate surface area is 150 Å². The zero-order chi connectivity index (χ0) is 17.7. The first-order valence-corrected chi connectivity index (χ1v) is 13.3. The number of rotatable bonds is 14. The zero-order valence-electron chi connectivity index (χ0n) is 16.5. The normalized spacial score (nSPS) is 16.0. The first-order chi connectivity index (χ1) is 11.7. The third-order valence-electron chi connectivity index (χ3n) is 5.58. The molecule has 0 saturated carbocycles. The zero-order valence-corrected chi connectivity index (χ0v) is 17.5. The molecule has 1 rings (SSSR count). The van der Waals surface area contributed by atoms with Crippen molar-refractivity contribution in [2.45, 2.75) is 91.4 Å². The molecule has 0 radical (unpaired) electrons. The fourth-order valence-corrected chi connectivity index (χ4v) is 9.74. The molecule has 4 heteroatoms. The summed E-state index contributed by atoms with van der Waals surface area (Å²) in [7, 11) is -1.07. The molecule has 0 fully saturated rings. The van der Waals surface area contributed by atoms with Gasteiger partial charge in [-0.3, -0.25) is 0 Å². The molecule has 0 aliphatic carbocycles. The van der Waals surface area contributed by atoms with Crippen LogP contribution in [-0.2, 0) is 4.79 Å². The Hall–Kier alpha value is -0.430. The van der Waals surface area contributed by atoms with Crippen molar-refractivity contribution in [2.24, 2.45) is 5.10 Å². The van der Waals surface area contributed by atoms with E-state index in [0.717, 1.165) is 12.8 Å². The van der Waals surface area contributed by atoms with Gasteiger partial charge in [0.2, 0.25) is 0 Å². The van der Waals surface area contributed by atoms with Crippen molar-refractivity contribution in [3.05, 3.63) is 0 Å². The number of carbonyl (C=O) groups excluding carboxylic acids is 1. The SMILES string of the molecule is CCCC[PH](CCCC)(CCCC)CCCCC1=NNC(=O)CC1. The second kappa shape index (κ2) is 12.9. The van der Waals surface area contributed by atoms with E-state index in [4.69, 9.17) is 0 Å². The molecular formula is C20H41N2OP. The van der Waals surface area contributed by atoms with E-state index < -0.39 is 7.26 Å². The molecule has 0 saturated heterocycles. The Morgan fingerprint density at radius 1 is 0.833 bits per heavy atom. The van der Waals surface area contributed by atoms with Gasteiger partial charge >= 0.3 is 150 Å². The molecule has 0 atom stereocenters. The fourth-order valence-electron chi connectivity index (χ4n) is 3.93. The van der Waals surface area contributed by atoms with Crippen molar-refractivity contribution < 1.29 is 4.79 Å². The van der Waals surface area contributed by atoms with Gasteiger partial charge in [0.15, 0.2) is 0 Å². The van der Waals surface area contributed by atoms with E-state index in [2.05, 4.69) is 31.3 Å². The Bertz CT molecular complexity index is 360. The van der Waals surface area contributed by atoms with Crippen LogP contribution in [0.25, 0.3) is 0 Å². The van der Waals surface area contributed by atoms with E-state index in [1.54, 1.807) is 18.5 Å². The number of hydrazone groups is 1. The summed E-state index contributed by atoms with van der Waals surface area (Å²) < 4.78 is 0. The molecule has 0 unspecified atom stereocenters. The molecule has 1 amide bonds. The number of amides is 1. The Kier molecular flexibility index (Phi) is 11.6. The Morgan fingerprint density at radius 2 is 1.38 bits per heavy atom. The molecule has 24 heavy (non-hydrogen) atoms. The van der Waals surface area contributed by atoms with Gasteiger partial charge in [0.25, 0.3) is 0 Å². The minimum atomic E-state index is -1.07. The molecule has 1 N–H and O–H groups in total. The number of hydrogen-bond donors (Lipinski definition) is 1. The van der Waals surface area contributed by atoms with E-state index in [1.807, 2.05) is 0 Å². The van der Waals surface area contributed by atoms with Crippen molar-refractivity contribution in [3.8, 4) is 0 Å². The molecule has 1 heterocycles. The Morgan fingerprint density at radius 3 is 1.83 bits per heavy atom. The van der Waals surface area contributed by atoms with E-state index >= 15 is 0 Å². The molecule has 0 aromatic rings. The molecule has 1 aliphatic rings. The standard InChI is InChI=1S/C20H41N2OP/c1-4-7-15-24(16-8-5-2,17-9-6-3)18-11-10-12-19-13-14-20(23)22-21-19/h24H,4-18H2,1-3H3,(H,22,23). The van der Waals surface area contributed by atoms with Crippen LogP contribution >= 0.6 is 7.26 Å². The third kappa shape index (κ3) is 8.60. The van der Waals surface area contributed by atoms with Gasteiger partial charge in [0, 0.05) is 0 Å². The van der Waals surface area contributed by atoms with Crippen LogP contribution in [0.15, 0.2) is 5.10 Å². The van der Waals surface area contributed by atoms with Gasteiger partial charge in [0.1, 0.15) is 0 Å². The van der Waals surface area contributed by atoms with Gasteiger partial charge in [-0.25, -0.2) is 0 Å². The van der Waals surface area contributed by atoms with Crippen molar-refractivity contribution in [3.63, 3.8) is 0 Å². The minimum absolute atomic E-state index is 0.0730. The topological polar surface area (TPSA) is 41.5 Å². The number of nitrogens with zero attached hydrogens (tertiary/aromatic N) is 1. The van der Waals surface area contributed by atoms with E-state index in [9.17, 15) is 4.79 Å². The van der Waals surface area contributed by atoms with E-state index in [-0.39, 0.29) is 5.91 Å². The van der Waals surface area contributed by atoms with Gasteiger partial charge in [-0.1, -0.05) is 0 Å². The number of hydrogen-bond acceptors (Lipinski definition) is 2. The first kappa shape index (κ1) is 21.6. The van der Waals surface area contributed by atoms with E-state index in [1.165, 1.54) is 63.2 Å². The number of nitrogens with one attached hydrogen (secondary N) is 1. The fraction of sp³-hybridized carbons (Fsp3) is 0.900. The molecule has 0 bridgehead atoms. The summed E-state index contributed by atoms with van der Waals surface area (Å²) in [4.78, 5) is 11.2. The van der Waals surface area contributed by atoms with Crippen LogP contribution < -0.4 is 5.43 Å². The van der Waals surface area contributed by atoms with Crippen LogP contribution in [0.3, 0.4) is 0 Å². The number of carbonyl (C=O) groups is 1. The predicted molar refractivity (Wildman–Crippen MR) is 111 cm³/mol. The van der Waals surface area contributed by atoms with E-state index in [0.29, 0.717) is 6.42 Å². The van der Waals surface area contributed by atoms with Gasteiger partial charge in [-0.2, -0.15) is 0 Å². The second-order valence-electron chi connectivity index (χ2n) is 7.73. The summed E-state index contributed by atoms with van der Waals surface area (Å²) in [5.74, 6) is 0.0730. The van der Waals surface area contributed by atoms with Crippen molar-refractivity contribution >= 4 is 18.9 Å². The monoisotopic (exact) mass is 356 g/mol. The summed E-state index contributed by atoms with van der Waals surface area (Å²) in [6, 6.07) is 0. The first-order valence-electron chi connectivity index (χ1n) is 10.5. The Balaban J connectivity index is 2.47. The maximum atomic E-state index is 11.2. The van der Waals surface area contributed by atoms with Gasteiger partial charge < -0.3 is 0 Å². The van der Waals surface area contributed by atoms with Crippen molar-refractivity contribution in [1.29, 1.82) is 0 Å². The molecule has 0 aromatic carbocycles. The molecule has 0 spiro atoms. The second-order valence-corrected chi connectivity index (χ2v) is 12.7. The van der Waals surface area contributed by atoms with Gasteiger partial charge in [-0.05, 0) is 0 Å². The summed E-state index contributed by atoms with van der Waals surface area (Å²) in [5, 5.41) is 4.22. The molecule has 0 aromatic heterocycles. The van der Waals surface area contributed by atoms with Crippen LogP contribution in [0.1, 0.15) is 91.4 Å². The van der Waals surface area contributed by atoms with Crippen LogP contribution in [-0.4, -0.2) is 36.3 Å². The van der Waals surface area contributed by atoms with Gasteiger partial charge in [0.05, 0.1) is 0 Å². The maximum absolute atomic E-state index is 11.2. The van der Waals surface area contributed by atoms with Crippen molar-refractivity contribution in [1.82, 2.24) is 5.43 Å². The van der Waals surface area contributed by atoms with Crippen LogP contribution in [0.5, 0.6) is 0 Å². The summed E-state index contributed by atoms with van der Waals surface area (Å²) in [6.45, 7) is 7.02. The van der Waals surface area contributed by atoms with Crippen molar-refractivity contribution in [2.75, 3.05) is 24.6 Å². The average Bonchev–Trinajstić information content (AvgIpc) is 2.61. The van der Waals surface area contributed by atoms with Crippen LogP contribution in [0.4, 0.5) is 0 Å². The molecule has 3 nitrogen and oxygen atoms in total. The molecular weight excluding hydrogens is 315 g/mol. The number of unbranched alkanes of at least 4 members (excludes halogenated alkanes) is 4. The quantitative estimate of drug-likeness (QED) is 0.321. The van der Waals surface area contributed by atoms with Gasteiger partial charge in [-0.15, -0.1) is 0 Å². The summed E-state index contributed by atoms with van der Waals surface area (Å²) >= 11 is 0. The molecule has 142 valence electrons.